The third kappa shape index (κ3) is 3.07. The Kier molecular flexibility index (Phi) is 4.12. The van der Waals surface area contributed by atoms with Gasteiger partial charge in [-0.15, -0.1) is 22.7 Å². The highest BCUT2D eigenvalue weighted by Gasteiger charge is 2.20. The molecule has 106 valence electrons. The summed E-state index contributed by atoms with van der Waals surface area (Å²) < 4.78 is 0. The molecule has 6 nitrogen and oxygen atoms in total. The Hall–Kier alpha value is -1.67. The fourth-order valence-electron chi connectivity index (χ4n) is 2.14. The molecule has 0 bridgehead atoms. The number of aromatic nitrogens is 2. The first-order chi connectivity index (χ1) is 9.83. The van der Waals surface area contributed by atoms with Gasteiger partial charge in [0.15, 0.2) is 10.3 Å². The lowest BCUT2D eigenvalue weighted by Crippen LogP contribution is -2.38. The van der Waals surface area contributed by atoms with Crippen LogP contribution >= 0.6 is 22.7 Å². The molecule has 1 aliphatic heterocycles. The average Bonchev–Trinajstić information content (AvgIpc) is 3.09. The van der Waals surface area contributed by atoms with Gasteiger partial charge in [0.2, 0.25) is 0 Å². The summed E-state index contributed by atoms with van der Waals surface area (Å²) in [6.45, 7) is 3.23. The minimum Gasteiger partial charge on any atom is -0.346 e. The molecule has 3 heterocycles. The quantitative estimate of drug-likeness (QED) is 0.925. The van der Waals surface area contributed by atoms with Crippen molar-refractivity contribution in [2.24, 2.45) is 0 Å². The summed E-state index contributed by atoms with van der Waals surface area (Å²) in [7, 11) is 0. The summed E-state index contributed by atoms with van der Waals surface area (Å²) in [4.78, 5) is 24.6. The number of urea groups is 1. The maximum absolute atomic E-state index is 12.2. The van der Waals surface area contributed by atoms with E-state index in [9.17, 15) is 4.79 Å². The fourth-order valence-corrected chi connectivity index (χ4v) is 3.35. The fraction of sp³-hybridized carbons (Fsp3) is 0.417. The molecule has 20 heavy (non-hydrogen) atoms. The summed E-state index contributed by atoms with van der Waals surface area (Å²) in [6.07, 6.45) is 4.45. The van der Waals surface area contributed by atoms with Gasteiger partial charge in [0, 0.05) is 49.3 Å². The average molecular weight is 309 g/mol. The molecule has 0 radical (unpaired) electrons. The van der Waals surface area contributed by atoms with E-state index >= 15 is 0 Å². The van der Waals surface area contributed by atoms with Crippen LogP contribution in [0.25, 0.3) is 0 Å². The van der Waals surface area contributed by atoms with Crippen LogP contribution in [0.5, 0.6) is 0 Å². The Morgan fingerprint density at radius 1 is 1.10 bits per heavy atom. The molecule has 1 fully saturated rings. The topological polar surface area (TPSA) is 61.4 Å². The molecule has 1 saturated heterocycles. The van der Waals surface area contributed by atoms with E-state index in [0.29, 0.717) is 11.7 Å². The molecule has 1 N–H and O–H groups in total. The molecular formula is C12H15N5OS2. The monoisotopic (exact) mass is 309 g/mol. The molecule has 8 heteroatoms. The van der Waals surface area contributed by atoms with Crippen LogP contribution in [0.1, 0.15) is 6.42 Å². The van der Waals surface area contributed by atoms with Gasteiger partial charge < -0.3 is 9.80 Å². The summed E-state index contributed by atoms with van der Waals surface area (Å²) in [5, 5.41) is 8.34. The van der Waals surface area contributed by atoms with Gasteiger partial charge >= 0.3 is 6.03 Å². The van der Waals surface area contributed by atoms with Crippen molar-refractivity contribution in [3.8, 4) is 0 Å². The van der Waals surface area contributed by atoms with Gasteiger partial charge in [-0.1, -0.05) is 0 Å². The predicted molar refractivity (Wildman–Crippen MR) is 81.6 cm³/mol. The smallest absolute Gasteiger partial charge is 0.323 e. The van der Waals surface area contributed by atoms with Gasteiger partial charge in [-0.2, -0.15) is 0 Å². The van der Waals surface area contributed by atoms with Crippen LogP contribution < -0.4 is 10.2 Å². The van der Waals surface area contributed by atoms with Crippen molar-refractivity contribution in [1.82, 2.24) is 14.9 Å². The normalized spacial score (nSPS) is 16.0. The number of carbonyl (C=O) groups is 1. The maximum Gasteiger partial charge on any atom is 0.323 e. The van der Waals surface area contributed by atoms with Crippen LogP contribution in [-0.4, -0.2) is 47.1 Å². The summed E-state index contributed by atoms with van der Waals surface area (Å²) in [5.41, 5.74) is 0. The van der Waals surface area contributed by atoms with Crippen LogP contribution in [0.4, 0.5) is 15.1 Å². The number of rotatable bonds is 2. The molecule has 2 aromatic rings. The standard InChI is InChI=1S/C12H15N5OS2/c18-11(15-10-13-2-8-19-10)16-4-1-5-17(7-6-16)12-14-3-9-20-12/h2-3,8-9H,1,4-7H2,(H,13,15,18). The summed E-state index contributed by atoms with van der Waals surface area (Å²) in [5.74, 6) is 0. The zero-order valence-corrected chi connectivity index (χ0v) is 12.5. The predicted octanol–water partition coefficient (Wildman–Crippen LogP) is 2.34. The number of thiazole rings is 2. The van der Waals surface area contributed by atoms with E-state index in [2.05, 4.69) is 20.2 Å². The third-order valence-corrected chi connectivity index (χ3v) is 4.64. The number of nitrogens with zero attached hydrogens (tertiary/aromatic N) is 4. The van der Waals surface area contributed by atoms with Crippen molar-refractivity contribution in [1.29, 1.82) is 0 Å². The van der Waals surface area contributed by atoms with E-state index in [1.165, 1.54) is 11.3 Å². The molecule has 0 aromatic carbocycles. The van der Waals surface area contributed by atoms with Crippen molar-refractivity contribution in [3.63, 3.8) is 0 Å². The van der Waals surface area contributed by atoms with Crippen molar-refractivity contribution < 1.29 is 4.79 Å². The highest BCUT2D eigenvalue weighted by molar-refractivity contribution is 7.14. The van der Waals surface area contributed by atoms with Gasteiger partial charge in [0.25, 0.3) is 0 Å². The largest absolute Gasteiger partial charge is 0.346 e. The van der Waals surface area contributed by atoms with Gasteiger partial charge in [0.05, 0.1) is 0 Å². The van der Waals surface area contributed by atoms with Gasteiger partial charge in [-0.05, 0) is 6.42 Å². The SMILES string of the molecule is O=C(Nc1nccs1)N1CCCN(c2nccs2)CC1. The van der Waals surface area contributed by atoms with E-state index < -0.39 is 0 Å². The van der Waals surface area contributed by atoms with Crippen molar-refractivity contribution >= 4 is 39.0 Å². The Morgan fingerprint density at radius 2 is 1.95 bits per heavy atom. The van der Waals surface area contributed by atoms with Gasteiger partial charge in [-0.25, -0.2) is 14.8 Å². The zero-order chi connectivity index (χ0) is 13.8. The van der Waals surface area contributed by atoms with E-state index in [1.807, 2.05) is 21.9 Å². The second-order valence-electron chi connectivity index (χ2n) is 4.41. The summed E-state index contributed by atoms with van der Waals surface area (Å²) in [6, 6.07) is -0.0686. The molecule has 2 amide bonds. The number of hydrogen-bond acceptors (Lipinski definition) is 6. The second-order valence-corrected chi connectivity index (χ2v) is 6.18. The minimum absolute atomic E-state index is 0.0686. The van der Waals surface area contributed by atoms with E-state index in [1.54, 1.807) is 17.5 Å². The molecule has 0 aliphatic carbocycles. The minimum atomic E-state index is -0.0686. The lowest BCUT2D eigenvalue weighted by atomic mass is 10.4. The highest BCUT2D eigenvalue weighted by atomic mass is 32.1. The molecule has 1 aliphatic rings. The van der Waals surface area contributed by atoms with Crippen molar-refractivity contribution in [2.75, 3.05) is 36.4 Å². The van der Waals surface area contributed by atoms with Crippen molar-refractivity contribution in [3.05, 3.63) is 23.2 Å². The zero-order valence-electron chi connectivity index (χ0n) is 10.9. The summed E-state index contributed by atoms with van der Waals surface area (Å²) >= 11 is 3.07. The van der Waals surface area contributed by atoms with Crippen LogP contribution in [0.3, 0.4) is 0 Å². The number of anilines is 2. The van der Waals surface area contributed by atoms with Crippen LogP contribution in [0.15, 0.2) is 23.2 Å². The maximum atomic E-state index is 12.2. The first kappa shape index (κ1) is 13.3. The third-order valence-electron chi connectivity index (χ3n) is 3.12. The van der Waals surface area contributed by atoms with E-state index in [0.717, 1.165) is 31.2 Å². The number of amides is 2. The Labute approximate surface area is 125 Å². The highest BCUT2D eigenvalue weighted by Crippen LogP contribution is 2.19. The Balaban J connectivity index is 1.58. The van der Waals surface area contributed by atoms with Gasteiger partial charge in [-0.3, -0.25) is 5.32 Å². The van der Waals surface area contributed by atoms with Crippen LogP contribution in [0.2, 0.25) is 0 Å². The molecule has 0 unspecified atom stereocenters. The molecular weight excluding hydrogens is 294 g/mol. The van der Waals surface area contributed by atoms with E-state index in [4.69, 9.17) is 0 Å². The first-order valence-electron chi connectivity index (χ1n) is 6.43. The van der Waals surface area contributed by atoms with Gasteiger partial charge in [0.1, 0.15) is 0 Å². The second kappa shape index (κ2) is 6.19. The Bertz CT molecular complexity index is 542. The lowest BCUT2D eigenvalue weighted by Gasteiger charge is -2.21. The van der Waals surface area contributed by atoms with Crippen molar-refractivity contribution in [2.45, 2.75) is 6.42 Å². The molecule has 3 rings (SSSR count). The molecule has 0 spiro atoms. The molecule has 0 atom stereocenters. The van der Waals surface area contributed by atoms with Crippen LogP contribution in [0, 0.1) is 0 Å². The molecule has 2 aromatic heterocycles. The first-order valence-corrected chi connectivity index (χ1v) is 8.19. The lowest BCUT2D eigenvalue weighted by molar-refractivity contribution is 0.215. The number of hydrogen-bond donors (Lipinski definition) is 1. The van der Waals surface area contributed by atoms with Crippen LogP contribution in [-0.2, 0) is 0 Å². The molecule has 0 saturated carbocycles. The number of nitrogens with one attached hydrogen (secondary N) is 1. The van der Waals surface area contributed by atoms with E-state index in [-0.39, 0.29) is 6.03 Å². The number of carbonyl (C=O) groups excluding carboxylic acids is 1. The Morgan fingerprint density at radius 3 is 2.70 bits per heavy atom.